The topological polar surface area (TPSA) is 66.5 Å². The third kappa shape index (κ3) is 3.99. The van der Waals surface area contributed by atoms with Gasteiger partial charge in [-0.2, -0.15) is 13.2 Å². The Morgan fingerprint density at radius 3 is 2.57 bits per heavy atom. The molecule has 1 aliphatic rings. The Bertz CT molecular complexity index is 1000. The van der Waals surface area contributed by atoms with E-state index in [0.29, 0.717) is 30.8 Å². The summed E-state index contributed by atoms with van der Waals surface area (Å²) in [6.07, 6.45) is -3.40. The minimum absolute atomic E-state index is 0.0286. The van der Waals surface area contributed by atoms with E-state index < -0.39 is 33.2 Å². The molecule has 2 aromatic rings. The van der Waals surface area contributed by atoms with Crippen molar-refractivity contribution in [1.29, 1.82) is 0 Å². The van der Waals surface area contributed by atoms with E-state index in [2.05, 4.69) is 5.32 Å². The molecule has 0 bridgehead atoms. The van der Waals surface area contributed by atoms with Crippen molar-refractivity contribution in [3.63, 3.8) is 0 Å². The second-order valence-corrected chi connectivity index (χ2v) is 8.60. The fourth-order valence-corrected chi connectivity index (χ4v) is 4.41. The van der Waals surface area contributed by atoms with Crippen molar-refractivity contribution in [3.8, 4) is 0 Å². The Hall–Kier alpha value is -2.55. The van der Waals surface area contributed by atoms with Gasteiger partial charge in [0.25, 0.3) is 5.91 Å². The lowest BCUT2D eigenvalue weighted by Gasteiger charge is -2.30. The first kappa shape index (κ1) is 20.2. The zero-order valence-electron chi connectivity index (χ0n) is 15.1. The summed E-state index contributed by atoms with van der Waals surface area (Å²) in [7, 11) is -3.41. The summed E-state index contributed by atoms with van der Waals surface area (Å²) in [6.45, 7) is 1.95. The van der Waals surface area contributed by atoms with Crippen molar-refractivity contribution < 1.29 is 26.4 Å². The van der Waals surface area contributed by atoms with Crippen LogP contribution in [0.2, 0.25) is 0 Å². The van der Waals surface area contributed by atoms with Crippen molar-refractivity contribution in [2.24, 2.45) is 0 Å². The Morgan fingerprint density at radius 2 is 1.89 bits per heavy atom. The van der Waals surface area contributed by atoms with Gasteiger partial charge < -0.3 is 5.32 Å². The lowest BCUT2D eigenvalue weighted by molar-refractivity contribution is -0.137. The molecule has 0 spiro atoms. The monoisotopic (exact) mass is 412 g/mol. The molecule has 0 saturated carbocycles. The van der Waals surface area contributed by atoms with Crippen LogP contribution in [-0.4, -0.2) is 26.6 Å². The number of anilines is 2. The fraction of sp³-hybridized carbons (Fsp3) is 0.316. The molecule has 0 unspecified atom stereocenters. The van der Waals surface area contributed by atoms with Gasteiger partial charge in [0.2, 0.25) is 10.0 Å². The smallest absolute Gasteiger partial charge is 0.322 e. The fourth-order valence-electron chi connectivity index (χ4n) is 3.21. The summed E-state index contributed by atoms with van der Waals surface area (Å²) in [5.74, 6) is -0.902. The molecule has 0 fully saturated rings. The molecule has 0 atom stereocenters. The average Bonchev–Trinajstić information content (AvgIpc) is 2.66. The maximum absolute atomic E-state index is 13.1. The van der Waals surface area contributed by atoms with Crippen molar-refractivity contribution in [2.75, 3.05) is 21.9 Å². The number of aryl methyl sites for hydroxylation is 1. The highest BCUT2D eigenvalue weighted by Crippen LogP contribution is 2.34. The molecular weight excluding hydrogens is 393 g/mol. The first-order valence-electron chi connectivity index (χ1n) is 8.74. The van der Waals surface area contributed by atoms with Gasteiger partial charge in [0, 0.05) is 12.2 Å². The third-order valence-electron chi connectivity index (χ3n) is 4.59. The maximum atomic E-state index is 13.1. The number of sulfonamides is 1. The van der Waals surface area contributed by atoms with Crippen molar-refractivity contribution >= 4 is 27.3 Å². The van der Waals surface area contributed by atoms with Crippen molar-refractivity contribution in [3.05, 3.63) is 59.2 Å². The number of hydrogen-bond acceptors (Lipinski definition) is 3. The molecule has 1 amide bonds. The number of nitrogens with zero attached hydrogens (tertiary/aromatic N) is 1. The number of halogens is 3. The first-order valence-corrected chi connectivity index (χ1v) is 10.4. The number of carbonyl (C=O) groups is 1. The van der Waals surface area contributed by atoms with Crippen LogP contribution in [0.1, 0.15) is 34.8 Å². The number of rotatable bonds is 4. The highest BCUT2D eigenvalue weighted by Gasteiger charge is 2.35. The molecule has 5 nitrogen and oxygen atoms in total. The zero-order chi connectivity index (χ0) is 20.5. The summed E-state index contributed by atoms with van der Waals surface area (Å²) in [6, 6.07) is 9.25. The molecule has 0 saturated heterocycles. The molecule has 2 aromatic carbocycles. The van der Waals surface area contributed by atoms with Crippen LogP contribution < -0.4 is 9.62 Å². The maximum Gasteiger partial charge on any atom is 0.417 e. The van der Waals surface area contributed by atoms with Crippen LogP contribution in [0.4, 0.5) is 24.5 Å². The normalized spacial score (nSPS) is 14.5. The zero-order valence-corrected chi connectivity index (χ0v) is 15.9. The number of carbonyl (C=O) groups excluding carboxylic acids is 1. The SMILES string of the molecule is CCS(=O)(=O)N1CCCc2cc(NC(=O)c3ccccc3C(F)(F)F)ccc21. The second-order valence-electron chi connectivity index (χ2n) is 6.42. The van der Waals surface area contributed by atoms with Gasteiger partial charge in [-0.25, -0.2) is 8.42 Å². The molecule has 3 rings (SSSR count). The molecule has 1 N–H and O–H groups in total. The van der Waals surface area contributed by atoms with E-state index in [1.807, 2.05) is 0 Å². The first-order chi connectivity index (χ1) is 13.1. The van der Waals surface area contributed by atoms with Gasteiger partial charge in [0.15, 0.2) is 0 Å². The summed E-state index contributed by atoms with van der Waals surface area (Å²) in [5.41, 5.74) is 0.108. The Balaban J connectivity index is 1.89. The number of benzene rings is 2. The molecule has 0 radical (unpaired) electrons. The van der Waals surface area contributed by atoms with E-state index in [9.17, 15) is 26.4 Å². The molecule has 9 heteroatoms. The minimum Gasteiger partial charge on any atom is -0.322 e. The highest BCUT2D eigenvalue weighted by molar-refractivity contribution is 7.92. The molecule has 150 valence electrons. The van der Waals surface area contributed by atoms with E-state index >= 15 is 0 Å². The number of fused-ring (bicyclic) bond motifs is 1. The number of nitrogens with one attached hydrogen (secondary N) is 1. The summed E-state index contributed by atoms with van der Waals surface area (Å²) in [5, 5.41) is 2.48. The van der Waals surface area contributed by atoms with Gasteiger partial charge in [-0.05, 0) is 55.7 Å². The van der Waals surface area contributed by atoms with Gasteiger partial charge in [-0.1, -0.05) is 12.1 Å². The number of amides is 1. The predicted molar refractivity (Wildman–Crippen MR) is 101 cm³/mol. The van der Waals surface area contributed by atoms with E-state index in [-0.39, 0.29) is 5.75 Å². The lowest BCUT2D eigenvalue weighted by atomic mass is 10.0. The number of alkyl halides is 3. The van der Waals surface area contributed by atoms with Crippen molar-refractivity contribution in [1.82, 2.24) is 0 Å². The van der Waals surface area contributed by atoms with E-state index in [1.54, 1.807) is 19.1 Å². The van der Waals surface area contributed by atoms with Crippen LogP contribution in [0, 0.1) is 0 Å². The quantitative estimate of drug-likeness (QED) is 0.824. The Kier molecular flexibility index (Phi) is 5.38. The van der Waals surface area contributed by atoms with E-state index in [1.165, 1.54) is 22.5 Å². The van der Waals surface area contributed by atoms with Crippen LogP contribution in [0.25, 0.3) is 0 Å². The van der Waals surface area contributed by atoms with E-state index in [4.69, 9.17) is 0 Å². The third-order valence-corrected chi connectivity index (χ3v) is 6.37. The molecule has 0 aliphatic carbocycles. The summed E-state index contributed by atoms with van der Waals surface area (Å²) in [4.78, 5) is 12.4. The van der Waals surface area contributed by atoms with Gasteiger partial charge in [0.1, 0.15) is 0 Å². The van der Waals surface area contributed by atoms with Gasteiger partial charge >= 0.3 is 6.18 Å². The Morgan fingerprint density at radius 1 is 1.18 bits per heavy atom. The van der Waals surface area contributed by atoms with Gasteiger partial charge in [-0.3, -0.25) is 9.10 Å². The standard InChI is InChI=1S/C19H19F3N2O3S/c1-2-28(26,27)24-11-5-6-13-12-14(9-10-17(13)24)23-18(25)15-7-3-4-8-16(15)19(20,21)22/h3-4,7-10,12H,2,5-6,11H2,1H3,(H,23,25). The van der Waals surface area contributed by atoms with Crippen LogP contribution >= 0.6 is 0 Å². The molecular formula is C19H19F3N2O3S. The lowest BCUT2D eigenvalue weighted by Crippen LogP contribution is -2.36. The molecule has 1 heterocycles. The largest absolute Gasteiger partial charge is 0.417 e. The highest BCUT2D eigenvalue weighted by atomic mass is 32.2. The summed E-state index contributed by atoms with van der Waals surface area (Å²) < 4.78 is 65.2. The van der Waals surface area contributed by atoms with Gasteiger partial charge in [0.05, 0.1) is 22.6 Å². The summed E-state index contributed by atoms with van der Waals surface area (Å²) >= 11 is 0. The molecule has 28 heavy (non-hydrogen) atoms. The number of hydrogen-bond donors (Lipinski definition) is 1. The van der Waals surface area contributed by atoms with E-state index in [0.717, 1.165) is 17.7 Å². The second kappa shape index (κ2) is 7.46. The van der Waals surface area contributed by atoms with Gasteiger partial charge in [-0.15, -0.1) is 0 Å². The predicted octanol–water partition coefficient (Wildman–Crippen LogP) is 4.06. The Labute approximate surface area is 161 Å². The van der Waals surface area contributed by atoms with Crippen LogP contribution in [-0.2, 0) is 22.6 Å². The molecule has 1 aliphatic heterocycles. The van der Waals surface area contributed by atoms with Crippen LogP contribution in [0.15, 0.2) is 42.5 Å². The van der Waals surface area contributed by atoms with Crippen LogP contribution in [0.5, 0.6) is 0 Å². The molecule has 0 aromatic heterocycles. The van der Waals surface area contributed by atoms with Crippen LogP contribution in [0.3, 0.4) is 0 Å². The average molecular weight is 412 g/mol. The minimum atomic E-state index is -4.64. The van der Waals surface area contributed by atoms with Crippen molar-refractivity contribution in [2.45, 2.75) is 25.9 Å².